The van der Waals surface area contributed by atoms with E-state index >= 15 is 0 Å². The highest BCUT2D eigenvalue weighted by Gasteiger charge is 2.09. The zero-order chi connectivity index (χ0) is 15.5. The number of aryl methyl sites for hydroxylation is 2. The molecule has 0 N–H and O–H groups in total. The molecule has 0 aliphatic rings. The van der Waals surface area contributed by atoms with Crippen molar-refractivity contribution in [3.63, 3.8) is 0 Å². The van der Waals surface area contributed by atoms with Crippen molar-refractivity contribution in [2.75, 3.05) is 0 Å². The van der Waals surface area contributed by atoms with Crippen LogP contribution in [-0.2, 0) is 6.61 Å². The molecule has 0 radical (unpaired) electrons. The van der Waals surface area contributed by atoms with Gasteiger partial charge in [0, 0.05) is 10.0 Å². The van der Waals surface area contributed by atoms with Gasteiger partial charge in [-0.1, -0.05) is 44.8 Å². The zero-order valence-electron chi connectivity index (χ0n) is 12.3. The van der Waals surface area contributed by atoms with Gasteiger partial charge in [-0.05, 0) is 43.7 Å². The molecule has 3 aromatic rings. The molecule has 2 aromatic carbocycles. The summed E-state index contributed by atoms with van der Waals surface area (Å²) in [5, 5.41) is 4.00. The van der Waals surface area contributed by atoms with Gasteiger partial charge in [-0.3, -0.25) is 0 Å². The largest absolute Gasteiger partial charge is 0.484 e. The van der Waals surface area contributed by atoms with Crippen LogP contribution in [0.2, 0.25) is 0 Å². The van der Waals surface area contributed by atoms with Crippen LogP contribution in [0.1, 0.15) is 17.0 Å². The third kappa shape index (κ3) is 3.36. The first-order chi connectivity index (χ1) is 10.6. The van der Waals surface area contributed by atoms with Crippen molar-refractivity contribution in [2.24, 2.45) is 0 Å². The van der Waals surface area contributed by atoms with E-state index in [-0.39, 0.29) is 6.61 Å². The average Bonchev–Trinajstić information content (AvgIpc) is 2.97. The highest BCUT2D eigenvalue weighted by Crippen LogP contribution is 2.22. The molecule has 1 heterocycles. The van der Waals surface area contributed by atoms with Crippen molar-refractivity contribution in [1.82, 2.24) is 10.1 Å². The maximum absolute atomic E-state index is 5.68. The minimum absolute atomic E-state index is 0.250. The standard InChI is InChI=1S/C17H15BrN2O2/c1-11-4-3-5-13(8-11)17-19-16(22-20-17)10-21-14-6-7-15(18)12(2)9-14/h3-9H,10H2,1-2H3. The molecule has 0 fully saturated rings. The quantitative estimate of drug-likeness (QED) is 0.678. The van der Waals surface area contributed by atoms with E-state index in [4.69, 9.17) is 9.26 Å². The lowest BCUT2D eigenvalue weighted by atomic mass is 10.1. The van der Waals surface area contributed by atoms with Crippen LogP contribution in [0.15, 0.2) is 51.5 Å². The summed E-state index contributed by atoms with van der Waals surface area (Å²) in [5.74, 6) is 1.81. The summed E-state index contributed by atoms with van der Waals surface area (Å²) < 4.78 is 12.0. The fourth-order valence-corrected chi connectivity index (χ4v) is 2.31. The number of hydrogen-bond donors (Lipinski definition) is 0. The Kier molecular flexibility index (Phi) is 4.24. The van der Waals surface area contributed by atoms with Gasteiger partial charge in [-0.15, -0.1) is 0 Å². The van der Waals surface area contributed by atoms with Gasteiger partial charge in [0.2, 0.25) is 5.82 Å². The van der Waals surface area contributed by atoms with Crippen molar-refractivity contribution in [2.45, 2.75) is 20.5 Å². The third-order valence-corrected chi connectivity index (χ3v) is 4.13. The van der Waals surface area contributed by atoms with E-state index in [1.807, 2.05) is 56.3 Å². The number of aromatic nitrogens is 2. The molecule has 0 amide bonds. The molecule has 0 saturated carbocycles. The molecule has 0 aliphatic heterocycles. The van der Waals surface area contributed by atoms with Gasteiger partial charge in [0.15, 0.2) is 6.61 Å². The first-order valence-corrected chi connectivity index (χ1v) is 7.70. The minimum atomic E-state index is 0.250. The van der Waals surface area contributed by atoms with Crippen LogP contribution in [0, 0.1) is 13.8 Å². The van der Waals surface area contributed by atoms with E-state index in [1.165, 1.54) is 0 Å². The second-order valence-electron chi connectivity index (χ2n) is 5.08. The first kappa shape index (κ1) is 14.8. The molecule has 3 rings (SSSR count). The van der Waals surface area contributed by atoms with Gasteiger partial charge in [0.25, 0.3) is 5.89 Å². The Morgan fingerprint density at radius 3 is 2.77 bits per heavy atom. The molecular weight excluding hydrogens is 344 g/mol. The summed E-state index contributed by atoms with van der Waals surface area (Å²) in [5.41, 5.74) is 3.21. The number of halogens is 1. The molecule has 0 aliphatic carbocycles. The van der Waals surface area contributed by atoms with Gasteiger partial charge in [-0.2, -0.15) is 4.98 Å². The van der Waals surface area contributed by atoms with Crippen molar-refractivity contribution < 1.29 is 9.26 Å². The van der Waals surface area contributed by atoms with Crippen molar-refractivity contribution in [1.29, 1.82) is 0 Å². The number of hydrogen-bond acceptors (Lipinski definition) is 4. The van der Waals surface area contributed by atoms with E-state index in [0.29, 0.717) is 11.7 Å². The van der Waals surface area contributed by atoms with Gasteiger partial charge in [-0.25, -0.2) is 0 Å². The molecule has 112 valence electrons. The number of ether oxygens (including phenoxy) is 1. The Hall–Kier alpha value is -2.14. The fourth-order valence-electron chi connectivity index (χ4n) is 2.07. The van der Waals surface area contributed by atoms with Crippen LogP contribution in [0.25, 0.3) is 11.4 Å². The topological polar surface area (TPSA) is 48.2 Å². The average molecular weight is 359 g/mol. The lowest BCUT2D eigenvalue weighted by Gasteiger charge is -2.05. The Morgan fingerprint density at radius 1 is 1.14 bits per heavy atom. The van der Waals surface area contributed by atoms with Crippen molar-refractivity contribution in [3.8, 4) is 17.1 Å². The molecular formula is C17H15BrN2O2. The summed E-state index contributed by atoms with van der Waals surface area (Å²) in [6, 6.07) is 13.8. The van der Waals surface area contributed by atoms with Gasteiger partial charge >= 0.3 is 0 Å². The summed E-state index contributed by atoms with van der Waals surface area (Å²) in [7, 11) is 0. The van der Waals surface area contributed by atoms with E-state index < -0.39 is 0 Å². The normalized spacial score (nSPS) is 10.7. The smallest absolute Gasteiger partial charge is 0.264 e. The molecule has 4 nitrogen and oxygen atoms in total. The van der Waals surface area contributed by atoms with Crippen LogP contribution >= 0.6 is 15.9 Å². The first-order valence-electron chi connectivity index (χ1n) is 6.90. The molecule has 1 aromatic heterocycles. The molecule has 0 atom stereocenters. The summed E-state index contributed by atoms with van der Waals surface area (Å²) >= 11 is 3.46. The van der Waals surface area contributed by atoms with Crippen molar-refractivity contribution >= 4 is 15.9 Å². The second-order valence-corrected chi connectivity index (χ2v) is 5.94. The van der Waals surface area contributed by atoms with Gasteiger partial charge in [0.05, 0.1) is 0 Å². The van der Waals surface area contributed by atoms with E-state index in [1.54, 1.807) is 0 Å². The number of benzene rings is 2. The lowest BCUT2D eigenvalue weighted by Crippen LogP contribution is -1.96. The highest BCUT2D eigenvalue weighted by atomic mass is 79.9. The number of nitrogens with zero attached hydrogens (tertiary/aromatic N) is 2. The van der Waals surface area contributed by atoms with Gasteiger partial charge in [0.1, 0.15) is 5.75 Å². The minimum Gasteiger partial charge on any atom is -0.484 e. The van der Waals surface area contributed by atoms with Crippen LogP contribution in [0.4, 0.5) is 0 Å². The molecule has 5 heteroatoms. The van der Waals surface area contributed by atoms with E-state index in [2.05, 4.69) is 26.1 Å². The molecule has 22 heavy (non-hydrogen) atoms. The Bertz CT molecular complexity index is 799. The monoisotopic (exact) mass is 358 g/mol. The fraction of sp³-hybridized carbons (Fsp3) is 0.176. The Morgan fingerprint density at radius 2 is 2.00 bits per heavy atom. The molecule has 0 spiro atoms. The van der Waals surface area contributed by atoms with E-state index in [9.17, 15) is 0 Å². The Balaban J connectivity index is 1.70. The van der Waals surface area contributed by atoms with Crippen LogP contribution in [-0.4, -0.2) is 10.1 Å². The SMILES string of the molecule is Cc1cccc(-c2noc(COc3ccc(Br)c(C)c3)n2)c1. The van der Waals surface area contributed by atoms with Crippen LogP contribution < -0.4 is 4.74 Å². The predicted octanol–water partition coefficient (Wildman–Crippen LogP) is 4.69. The number of rotatable bonds is 4. The Labute approximate surface area is 137 Å². The van der Waals surface area contributed by atoms with E-state index in [0.717, 1.165) is 26.9 Å². The predicted molar refractivity (Wildman–Crippen MR) is 87.7 cm³/mol. The van der Waals surface area contributed by atoms with Crippen LogP contribution in [0.5, 0.6) is 5.75 Å². The second kappa shape index (κ2) is 6.32. The summed E-state index contributed by atoms with van der Waals surface area (Å²) in [6.07, 6.45) is 0. The van der Waals surface area contributed by atoms with Crippen LogP contribution in [0.3, 0.4) is 0 Å². The molecule has 0 unspecified atom stereocenters. The maximum atomic E-state index is 5.68. The molecule has 0 saturated heterocycles. The van der Waals surface area contributed by atoms with Gasteiger partial charge < -0.3 is 9.26 Å². The lowest BCUT2D eigenvalue weighted by molar-refractivity contribution is 0.243. The summed E-state index contributed by atoms with van der Waals surface area (Å²) in [4.78, 5) is 4.36. The maximum Gasteiger partial charge on any atom is 0.264 e. The summed E-state index contributed by atoms with van der Waals surface area (Å²) in [6.45, 7) is 4.29. The highest BCUT2D eigenvalue weighted by molar-refractivity contribution is 9.10. The van der Waals surface area contributed by atoms with Crippen molar-refractivity contribution in [3.05, 3.63) is 64.0 Å². The molecule has 0 bridgehead atoms. The zero-order valence-corrected chi connectivity index (χ0v) is 13.9. The third-order valence-electron chi connectivity index (χ3n) is 3.24.